The maximum Gasteiger partial charge on any atom is 0.270 e. The van der Waals surface area contributed by atoms with Gasteiger partial charge in [-0.25, -0.2) is 4.98 Å². The highest BCUT2D eigenvalue weighted by molar-refractivity contribution is 7.13. The van der Waals surface area contributed by atoms with E-state index in [2.05, 4.69) is 10.3 Å². The largest absolute Gasteiger partial charge is 0.351 e. The van der Waals surface area contributed by atoms with E-state index in [-0.39, 0.29) is 30.0 Å². The van der Waals surface area contributed by atoms with Gasteiger partial charge in [-0.1, -0.05) is 0 Å². The molecule has 0 aliphatic heterocycles. The lowest BCUT2D eigenvalue weighted by atomic mass is 10.2. The molecule has 2 aromatic rings. The Bertz CT molecular complexity index is 673. The van der Waals surface area contributed by atoms with Crippen LogP contribution in [-0.2, 0) is 0 Å². The number of thiazole rings is 1. The topological polar surface area (TPSA) is 111 Å². The number of nitro groups is 1. The lowest BCUT2D eigenvalue weighted by molar-refractivity contribution is -0.384. The zero-order valence-electron chi connectivity index (χ0n) is 12.4. The molecule has 1 unspecified atom stereocenters. The second kappa shape index (κ2) is 8.56. The van der Waals surface area contributed by atoms with Crippen LogP contribution in [0.4, 0.5) is 5.69 Å². The summed E-state index contributed by atoms with van der Waals surface area (Å²) in [5.41, 5.74) is 6.72. The number of rotatable bonds is 6. The number of nitro benzene ring substituents is 1. The van der Waals surface area contributed by atoms with E-state index in [0.29, 0.717) is 23.7 Å². The number of carbonyl (C=O) groups excluding carboxylic acids is 1. The van der Waals surface area contributed by atoms with E-state index in [0.717, 1.165) is 5.56 Å². The predicted molar refractivity (Wildman–Crippen MR) is 92.1 cm³/mol. The fourth-order valence-electron chi connectivity index (χ4n) is 1.74. The molecule has 1 aromatic carbocycles. The number of nitrogens with one attached hydrogen (secondary N) is 1. The van der Waals surface area contributed by atoms with Gasteiger partial charge in [0, 0.05) is 35.7 Å². The molecule has 1 amide bonds. The Morgan fingerprint density at radius 1 is 1.43 bits per heavy atom. The minimum atomic E-state index is -0.455. The van der Waals surface area contributed by atoms with Crippen molar-refractivity contribution in [1.29, 1.82) is 0 Å². The highest BCUT2D eigenvalue weighted by atomic mass is 35.5. The van der Waals surface area contributed by atoms with E-state index in [4.69, 9.17) is 5.73 Å². The molecule has 1 heterocycles. The van der Waals surface area contributed by atoms with Crippen molar-refractivity contribution in [2.24, 2.45) is 5.73 Å². The molecule has 0 aliphatic carbocycles. The number of aromatic nitrogens is 1. The molecule has 0 bridgehead atoms. The Kier molecular flexibility index (Phi) is 7.08. The van der Waals surface area contributed by atoms with Crippen LogP contribution in [-0.4, -0.2) is 28.4 Å². The maximum absolute atomic E-state index is 11.9. The number of hydrogen-bond donors (Lipinski definition) is 2. The Labute approximate surface area is 143 Å². The average molecular weight is 357 g/mol. The third-order valence-electron chi connectivity index (χ3n) is 2.95. The highest BCUT2D eigenvalue weighted by Gasteiger charge is 2.12. The molecule has 124 valence electrons. The molecular formula is C14H17ClN4O3S. The van der Waals surface area contributed by atoms with E-state index in [9.17, 15) is 14.9 Å². The number of nitrogens with two attached hydrogens (primary N) is 1. The van der Waals surface area contributed by atoms with Gasteiger partial charge in [0.2, 0.25) is 0 Å². The van der Waals surface area contributed by atoms with Crippen LogP contribution in [0.15, 0.2) is 29.6 Å². The molecule has 2 rings (SSSR count). The van der Waals surface area contributed by atoms with Crippen molar-refractivity contribution in [3.63, 3.8) is 0 Å². The summed E-state index contributed by atoms with van der Waals surface area (Å²) < 4.78 is 0. The highest BCUT2D eigenvalue weighted by Crippen LogP contribution is 2.25. The molecule has 7 nitrogen and oxygen atoms in total. The number of nitrogens with zero attached hydrogens (tertiary/aromatic N) is 2. The smallest absolute Gasteiger partial charge is 0.270 e. The number of non-ortho nitro benzene ring substituents is 1. The van der Waals surface area contributed by atoms with Gasteiger partial charge in [0.1, 0.15) is 10.7 Å². The fourth-order valence-corrected chi connectivity index (χ4v) is 2.55. The van der Waals surface area contributed by atoms with E-state index in [1.807, 2.05) is 6.92 Å². The van der Waals surface area contributed by atoms with Gasteiger partial charge in [0.15, 0.2) is 0 Å². The van der Waals surface area contributed by atoms with Gasteiger partial charge in [-0.05, 0) is 25.5 Å². The summed E-state index contributed by atoms with van der Waals surface area (Å²) in [6, 6.07) is 6.10. The van der Waals surface area contributed by atoms with E-state index in [1.54, 1.807) is 17.5 Å². The second-order valence-corrected chi connectivity index (χ2v) is 5.72. The Hall–Kier alpha value is -2.03. The number of halogens is 1. The van der Waals surface area contributed by atoms with E-state index >= 15 is 0 Å². The van der Waals surface area contributed by atoms with Crippen LogP contribution in [0.2, 0.25) is 0 Å². The first kappa shape index (κ1) is 19.0. The van der Waals surface area contributed by atoms with Gasteiger partial charge in [-0.3, -0.25) is 14.9 Å². The third-order valence-corrected chi connectivity index (χ3v) is 3.84. The van der Waals surface area contributed by atoms with Gasteiger partial charge in [-0.15, -0.1) is 23.7 Å². The molecule has 0 aliphatic rings. The number of hydrogen-bond acceptors (Lipinski definition) is 6. The van der Waals surface area contributed by atoms with Gasteiger partial charge in [0.25, 0.3) is 11.6 Å². The predicted octanol–water partition coefficient (Wildman–Crippen LogP) is 2.61. The third kappa shape index (κ3) is 5.27. The molecule has 1 atom stereocenters. The monoisotopic (exact) mass is 356 g/mol. The van der Waals surface area contributed by atoms with Crippen molar-refractivity contribution in [1.82, 2.24) is 10.3 Å². The first-order valence-corrected chi connectivity index (χ1v) is 7.59. The summed E-state index contributed by atoms with van der Waals surface area (Å²) in [6.45, 7) is 2.38. The number of benzene rings is 1. The summed E-state index contributed by atoms with van der Waals surface area (Å²) in [7, 11) is 0. The molecule has 3 N–H and O–H groups in total. The maximum atomic E-state index is 11.9. The minimum Gasteiger partial charge on any atom is -0.351 e. The Balaban J connectivity index is 0.00000264. The fraction of sp³-hybridized carbons (Fsp3) is 0.286. The number of amides is 1. The lowest BCUT2D eigenvalue weighted by Crippen LogP contribution is -2.29. The van der Waals surface area contributed by atoms with Crippen LogP contribution in [0.25, 0.3) is 10.6 Å². The average Bonchev–Trinajstić information content (AvgIpc) is 2.96. The summed E-state index contributed by atoms with van der Waals surface area (Å²) in [5, 5.41) is 15.7. The molecule has 0 spiro atoms. The van der Waals surface area contributed by atoms with Crippen LogP contribution in [0.5, 0.6) is 0 Å². The summed E-state index contributed by atoms with van der Waals surface area (Å²) in [6.07, 6.45) is 0.699. The van der Waals surface area contributed by atoms with Crippen molar-refractivity contribution < 1.29 is 9.72 Å². The minimum absolute atomic E-state index is 0. The normalized spacial score (nSPS) is 11.4. The van der Waals surface area contributed by atoms with Crippen LogP contribution in [0.3, 0.4) is 0 Å². The van der Waals surface area contributed by atoms with Crippen LogP contribution < -0.4 is 11.1 Å². The van der Waals surface area contributed by atoms with Crippen molar-refractivity contribution in [3.8, 4) is 10.6 Å². The number of carbonyl (C=O) groups is 1. The SMILES string of the molecule is CC(N)CCNC(=O)c1csc(-c2ccc([N+](=O)[O-])cc2)n1.Cl. The lowest BCUT2D eigenvalue weighted by Gasteiger charge is -2.05. The molecule has 0 saturated carbocycles. The van der Waals surface area contributed by atoms with Crippen LogP contribution in [0, 0.1) is 10.1 Å². The quantitative estimate of drug-likeness (QED) is 0.610. The van der Waals surface area contributed by atoms with Gasteiger partial charge < -0.3 is 11.1 Å². The van der Waals surface area contributed by atoms with Crippen molar-refractivity contribution in [2.45, 2.75) is 19.4 Å². The first-order chi connectivity index (χ1) is 10.5. The van der Waals surface area contributed by atoms with Gasteiger partial charge >= 0.3 is 0 Å². The molecule has 9 heteroatoms. The van der Waals surface area contributed by atoms with E-state index < -0.39 is 4.92 Å². The molecular weight excluding hydrogens is 340 g/mol. The first-order valence-electron chi connectivity index (χ1n) is 6.71. The molecule has 0 fully saturated rings. The standard InChI is InChI=1S/C14H16N4O3S.ClH/c1-9(15)6-7-16-13(19)12-8-22-14(17-12)10-2-4-11(5-3-10)18(20)21;/h2-5,8-9H,6-7,15H2,1H3,(H,16,19);1H. The van der Waals surface area contributed by atoms with Crippen molar-refractivity contribution in [2.75, 3.05) is 6.54 Å². The molecule has 1 aromatic heterocycles. The van der Waals surface area contributed by atoms with Crippen molar-refractivity contribution in [3.05, 3.63) is 45.5 Å². The summed E-state index contributed by atoms with van der Waals surface area (Å²) in [5.74, 6) is -0.245. The van der Waals surface area contributed by atoms with Gasteiger partial charge in [0.05, 0.1) is 4.92 Å². The molecule has 0 saturated heterocycles. The molecule has 0 radical (unpaired) electrons. The summed E-state index contributed by atoms with van der Waals surface area (Å²) >= 11 is 1.32. The second-order valence-electron chi connectivity index (χ2n) is 4.86. The van der Waals surface area contributed by atoms with Crippen LogP contribution >= 0.6 is 23.7 Å². The summed E-state index contributed by atoms with van der Waals surface area (Å²) in [4.78, 5) is 26.3. The zero-order chi connectivity index (χ0) is 16.1. The zero-order valence-corrected chi connectivity index (χ0v) is 14.0. The Morgan fingerprint density at radius 3 is 2.65 bits per heavy atom. The van der Waals surface area contributed by atoms with Crippen molar-refractivity contribution >= 4 is 35.3 Å². The Morgan fingerprint density at radius 2 is 2.09 bits per heavy atom. The van der Waals surface area contributed by atoms with Crippen LogP contribution in [0.1, 0.15) is 23.8 Å². The van der Waals surface area contributed by atoms with E-state index in [1.165, 1.54) is 23.5 Å². The van der Waals surface area contributed by atoms with Gasteiger partial charge in [-0.2, -0.15) is 0 Å². The molecule has 23 heavy (non-hydrogen) atoms.